The number of aliphatic carboxylic acids is 1. The van der Waals surface area contributed by atoms with Gasteiger partial charge < -0.3 is 10.4 Å². The standard InChI is InChI=1S/C15H19F2NO2/c1-10(5-6-14(19)20)18-9-12-4-2-3-11-7-15(16,17)8-13(11)12/h2-4,10,18H,5-9H2,1H3,(H,19,20). The Labute approximate surface area is 117 Å². The summed E-state index contributed by atoms with van der Waals surface area (Å²) in [5.41, 5.74) is 2.37. The third-order valence-electron chi connectivity index (χ3n) is 3.69. The molecule has 0 heterocycles. The zero-order valence-electron chi connectivity index (χ0n) is 11.5. The van der Waals surface area contributed by atoms with E-state index in [9.17, 15) is 13.6 Å². The van der Waals surface area contributed by atoms with E-state index in [1.54, 1.807) is 12.1 Å². The Kier molecular flexibility index (Phi) is 4.38. The van der Waals surface area contributed by atoms with Crippen molar-refractivity contribution in [2.75, 3.05) is 0 Å². The molecule has 1 aromatic rings. The second-order valence-electron chi connectivity index (χ2n) is 5.48. The second kappa shape index (κ2) is 5.87. The lowest BCUT2D eigenvalue weighted by atomic mass is 10.0. The number of carbonyl (C=O) groups is 1. The first-order valence-electron chi connectivity index (χ1n) is 6.80. The molecule has 1 aliphatic carbocycles. The molecule has 110 valence electrons. The smallest absolute Gasteiger partial charge is 0.303 e. The van der Waals surface area contributed by atoms with Crippen LogP contribution in [-0.4, -0.2) is 23.0 Å². The molecule has 3 nitrogen and oxygen atoms in total. The molecule has 0 aliphatic heterocycles. The molecule has 1 aliphatic rings. The summed E-state index contributed by atoms with van der Waals surface area (Å²) in [6.45, 7) is 2.40. The lowest BCUT2D eigenvalue weighted by molar-refractivity contribution is -0.137. The number of fused-ring (bicyclic) bond motifs is 1. The minimum absolute atomic E-state index is 0.0452. The van der Waals surface area contributed by atoms with Gasteiger partial charge in [0.25, 0.3) is 5.92 Å². The van der Waals surface area contributed by atoms with E-state index in [4.69, 9.17) is 5.11 Å². The first-order valence-corrected chi connectivity index (χ1v) is 6.80. The van der Waals surface area contributed by atoms with Crippen LogP contribution >= 0.6 is 0 Å². The van der Waals surface area contributed by atoms with Gasteiger partial charge in [0.05, 0.1) is 0 Å². The fourth-order valence-corrected chi connectivity index (χ4v) is 2.57. The molecule has 0 saturated carbocycles. The third-order valence-corrected chi connectivity index (χ3v) is 3.69. The zero-order valence-corrected chi connectivity index (χ0v) is 11.5. The summed E-state index contributed by atoms with van der Waals surface area (Å²) in [6.07, 6.45) is 0.272. The fraction of sp³-hybridized carbons (Fsp3) is 0.533. The van der Waals surface area contributed by atoms with Gasteiger partial charge in [-0.1, -0.05) is 18.2 Å². The van der Waals surface area contributed by atoms with Gasteiger partial charge in [-0.2, -0.15) is 0 Å². The van der Waals surface area contributed by atoms with Crippen molar-refractivity contribution in [1.29, 1.82) is 0 Å². The number of hydrogen-bond acceptors (Lipinski definition) is 2. The van der Waals surface area contributed by atoms with E-state index in [0.29, 0.717) is 13.0 Å². The molecule has 1 unspecified atom stereocenters. The molecule has 5 heteroatoms. The minimum Gasteiger partial charge on any atom is -0.481 e. The molecule has 0 fully saturated rings. The van der Waals surface area contributed by atoms with Crippen molar-refractivity contribution in [1.82, 2.24) is 5.32 Å². The number of carboxylic acid groups (broad SMARTS) is 1. The van der Waals surface area contributed by atoms with Crippen molar-refractivity contribution in [3.63, 3.8) is 0 Å². The summed E-state index contributed by atoms with van der Waals surface area (Å²) in [6, 6.07) is 5.47. The largest absolute Gasteiger partial charge is 0.481 e. The molecule has 0 bridgehead atoms. The second-order valence-corrected chi connectivity index (χ2v) is 5.48. The summed E-state index contributed by atoms with van der Waals surface area (Å²) in [7, 11) is 0. The number of carboxylic acids is 1. The van der Waals surface area contributed by atoms with Crippen LogP contribution in [0.4, 0.5) is 8.78 Å². The summed E-state index contributed by atoms with van der Waals surface area (Å²) in [5, 5.41) is 11.8. The van der Waals surface area contributed by atoms with E-state index in [2.05, 4.69) is 5.32 Å². The van der Waals surface area contributed by atoms with Gasteiger partial charge in [0.1, 0.15) is 0 Å². The van der Waals surface area contributed by atoms with Crippen LogP contribution < -0.4 is 5.32 Å². The Bertz CT molecular complexity index is 503. The van der Waals surface area contributed by atoms with Gasteiger partial charge in [0, 0.05) is 31.8 Å². The quantitative estimate of drug-likeness (QED) is 0.844. The Morgan fingerprint density at radius 2 is 2.20 bits per heavy atom. The van der Waals surface area contributed by atoms with E-state index in [1.807, 2.05) is 13.0 Å². The first-order chi connectivity index (χ1) is 9.37. The highest BCUT2D eigenvalue weighted by Crippen LogP contribution is 2.36. The number of nitrogens with one attached hydrogen (secondary N) is 1. The fourth-order valence-electron chi connectivity index (χ4n) is 2.57. The van der Waals surface area contributed by atoms with E-state index < -0.39 is 11.9 Å². The number of halogens is 2. The summed E-state index contributed by atoms with van der Waals surface area (Å²) in [4.78, 5) is 10.5. The van der Waals surface area contributed by atoms with Crippen LogP contribution in [-0.2, 0) is 24.2 Å². The monoisotopic (exact) mass is 283 g/mol. The summed E-state index contributed by atoms with van der Waals surface area (Å²) in [5.74, 6) is -3.45. The van der Waals surface area contributed by atoms with Crippen LogP contribution in [0.15, 0.2) is 18.2 Å². The highest BCUT2D eigenvalue weighted by Gasteiger charge is 2.38. The van der Waals surface area contributed by atoms with E-state index in [0.717, 1.165) is 16.7 Å². The normalized spacial score (nSPS) is 17.8. The predicted octanol–water partition coefficient (Wildman–Crippen LogP) is 2.76. The van der Waals surface area contributed by atoms with Crippen LogP contribution in [0.5, 0.6) is 0 Å². The average Bonchev–Trinajstić information content (AvgIpc) is 2.68. The van der Waals surface area contributed by atoms with Crippen molar-refractivity contribution < 1.29 is 18.7 Å². The van der Waals surface area contributed by atoms with Crippen LogP contribution in [0, 0.1) is 0 Å². The van der Waals surface area contributed by atoms with Crippen molar-refractivity contribution >= 4 is 5.97 Å². The number of alkyl halides is 2. The third kappa shape index (κ3) is 3.76. The van der Waals surface area contributed by atoms with Gasteiger partial charge in [0.2, 0.25) is 0 Å². The topological polar surface area (TPSA) is 49.3 Å². The van der Waals surface area contributed by atoms with Crippen molar-refractivity contribution in [3.8, 4) is 0 Å². The minimum atomic E-state index is -2.63. The molecule has 1 aromatic carbocycles. The zero-order chi connectivity index (χ0) is 14.8. The van der Waals surface area contributed by atoms with Crippen LogP contribution in [0.1, 0.15) is 36.5 Å². The molecule has 0 aromatic heterocycles. The number of rotatable bonds is 6. The van der Waals surface area contributed by atoms with Crippen LogP contribution in [0.25, 0.3) is 0 Å². The van der Waals surface area contributed by atoms with Crippen molar-refractivity contribution in [3.05, 3.63) is 34.9 Å². The summed E-state index contributed by atoms with van der Waals surface area (Å²) < 4.78 is 26.9. The molecule has 0 amide bonds. The molecule has 2 rings (SSSR count). The Balaban J connectivity index is 1.95. The van der Waals surface area contributed by atoms with E-state index >= 15 is 0 Å². The van der Waals surface area contributed by atoms with E-state index in [1.165, 1.54) is 0 Å². The molecular weight excluding hydrogens is 264 g/mol. The van der Waals surface area contributed by atoms with Crippen molar-refractivity contribution in [2.45, 2.75) is 51.1 Å². The molecule has 0 saturated heterocycles. The number of benzene rings is 1. The van der Waals surface area contributed by atoms with Crippen LogP contribution in [0.2, 0.25) is 0 Å². The maximum absolute atomic E-state index is 13.4. The first kappa shape index (κ1) is 14.9. The highest BCUT2D eigenvalue weighted by atomic mass is 19.3. The Hall–Kier alpha value is -1.49. The lowest BCUT2D eigenvalue weighted by Crippen LogP contribution is -2.26. The highest BCUT2D eigenvalue weighted by molar-refractivity contribution is 5.66. The average molecular weight is 283 g/mol. The van der Waals surface area contributed by atoms with Gasteiger partial charge in [-0.05, 0) is 30.0 Å². The predicted molar refractivity (Wildman–Crippen MR) is 72.0 cm³/mol. The lowest BCUT2D eigenvalue weighted by Gasteiger charge is -2.15. The molecular formula is C15H19F2NO2. The van der Waals surface area contributed by atoms with Gasteiger partial charge in [-0.3, -0.25) is 4.79 Å². The number of hydrogen-bond donors (Lipinski definition) is 2. The van der Waals surface area contributed by atoms with Crippen molar-refractivity contribution in [2.24, 2.45) is 0 Å². The van der Waals surface area contributed by atoms with Gasteiger partial charge in [0.15, 0.2) is 0 Å². The summed E-state index contributed by atoms with van der Waals surface area (Å²) >= 11 is 0. The molecule has 1 atom stereocenters. The molecule has 2 N–H and O–H groups in total. The van der Waals surface area contributed by atoms with Crippen LogP contribution in [0.3, 0.4) is 0 Å². The van der Waals surface area contributed by atoms with Gasteiger partial charge in [-0.25, -0.2) is 8.78 Å². The SMILES string of the molecule is CC(CCC(=O)O)NCc1cccc2c1CC(F)(F)C2. The maximum atomic E-state index is 13.4. The van der Waals surface area contributed by atoms with Gasteiger partial charge in [-0.15, -0.1) is 0 Å². The van der Waals surface area contributed by atoms with E-state index in [-0.39, 0.29) is 25.3 Å². The molecule has 0 radical (unpaired) electrons. The Morgan fingerprint density at radius 3 is 2.90 bits per heavy atom. The Morgan fingerprint density at radius 1 is 1.45 bits per heavy atom. The maximum Gasteiger partial charge on any atom is 0.303 e. The molecule has 20 heavy (non-hydrogen) atoms. The van der Waals surface area contributed by atoms with Gasteiger partial charge >= 0.3 is 5.97 Å². The molecule has 0 spiro atoms.